The van der Waals surface area contributed by atoms with Crippen molar-refractivity contribution >= 4 is 0 Å². The average molecular weight is 266 g/mol. The number of aryl methyl sites for hydroxylation is 2. The maximum absolute atomic E-state index is 11.0. The van der Waals surface area contributed by atoms with Gasteiger partial charge in [-0.15, -0.1) is 0 Å². The topological polar surface area (TPSA) is 20.2 Å². The molecule has 1 heteroatoms. The molecule has 0 bridgehead atoms. The van der Waals surface area contributed by atoms with E-state index in [0.717, 1.165) is 18.4 Å². The van der Waals surface area contributed by atoms with E-state index in [1.807, 2.05) is 6.07 Å². The molecule has 1 aliphatic rings. The Morgan fingerprint density at radius 1 is 1.00 bits per heavy atom. The summed E-state index contributed by atoms with van der Waals surface area (Å²) in [5, 5.41) is 11.0. The molecule has 1 nitrogen and oxygen atoms in total. The van der Waals surface area contributed by atoms with Crippen molar-refractivity contribution in [3.05, 3.63) is 70.8 Å². The average Bonchev–Trinajstić information content (AvgIpc) is 2.41. The lowest BCUT2D eigenvalue weighted by Crippen LogP contribution is -2.40. The molecule has 0 aromatic heterocycles. The van der Waals surface area contributed by atoms with Crippen molar-refractivity contribution in [1.82, 2.24) is 0 Å². The minimum absolute atomic E-state index is 0.0835. The number of hydrogen-bond acceptors (Lipinski definition) is 1. The van der Waals surface area contributed by atoms with Crippen molar-refractivity contribution in [3.63, 3.8) is 0 Å². The summed E-state index contributed by atoms with van der Waals surface area (Å²) in [4.78, 5) is 0. The molecule has 1 unspecified atom stereocenters. The summed E-state index contributed by atoms with van der Waals surface area (Å²) in [6, 6.07) is 16.9. The highest BCUT2D eigenvalue weighted by Crippen LogP contribution is 2.52. The van der Waals surface area contributed by atoms with Crippen LogP contribution in [0, 0.1) is 13.8 Å². The van der Waals surface area contributed by atoms with E-state index in [0.29, 0.717) is 0 Å². The Hall–Kier alpha value is -1.60. The summed E-state index contributed by atoms with van der Waals surface area (Å²) in [7, 11) is 0. The van der Waals surface area contributed by atoms with Gasteiger partial charge in [-0.2, -0.15) is 0 Å². The van der Waals surface area contributed by atoms with E-state index in [1.165, 1.54) is 23.1 Å². The fraction of sp³-hybridized carbons (Fsp3) is 0.368. The molecule has 1 saturated carbocycles. The van der Waals surface area contributed by atoms with Gasteiger partial charge in [0, 0.05) is 5.41 Å². The molecule has 0 heterocycles. The third-order valence-corrected chi connectivity index (χ3v) is 4.85. The van der Waals surface area contributed by atoms with Gasteiger partial charge in [-0.3, -0.25) is 0 Å². The van der Waals surface area contributed by atoms with Crippen LogP contribution in [0.4, 0.5) is 0 Å². The van der Waals surface area contributed by atoms with Crippen molar-refractivity contribution in [2.75, 3.05) is 0 Å². The van der Waals surface area contributed by atoms with Gasteiger partial charge in [-0.25, -0.2) is 0 Å². The summed E-state index contributed by atoms with van der Waals surface area (Å²) < 4.78 is 0. The molecule has 2 aromatic rings. The van der Waals surface area contributed by atoms with Gasteiger partial charge < -0.3 is 5.11 Å². The highest BCUT2D eigenvalue weighted by molar-refractivity contribution is 5.39. The molecule has 0 radical (unpaired) electrons. The van der Waals surface area contributed by atoms with E-state index in [2.05, 4.69) is 56.3 Å². The van der Waals surface area contributed by atoms with Crippen LogP contribution < -0.4 is 0 Å². The predicted molar refractivity (Wildman–Crippen MR) is 82.8 cm³/mol. The maximum Gasteiger partial charge on any atom is 0.0889 e. The van der Waals surface area contributed by atoms with Gasteiger partial charge >= 0.3 is 0 Å². The Bertz CT molecular complexity index is 596. The van der Waals surface area contributed by atoms with Crippen molar-refractivity contribution in [2.45, 2.75) is 44.6 Å². The fourth-order valence-electron chi connectivity index (χ4n) is 3.40. The Balaban J connectivity index is 2.03. The summed E-state index contributed by atoms with van der Waals surface area (Å²) >= 11 is 0. The maximum atomic E-state index is 11.0. The lowest BCUT2D eigenvalue weighted by molar-refractivity contribution is 0.0263. The number of aliphatic hydroxyl groups excluding tert-OH is 1. The molecule has 1 aliphatic carbocycles. The third-order valence-electron chi connectivity index (χ3n) is 4.85. The summed E-state index contributed by atoms with van der Waals surface area (Å²) in [5.74, 6) is 0. The first-order valence-corrected chi connectivity index (χ1v) is 7.44. The van der Waals surface area contributed by atoms with Crippen molar-refractivity contribution in [1.29, 1.82) is 0 Å². The largest absolute Gasteiger partial charge is 0.387 e. The molecule has 1 atom stereocenters. The molecule has 3 rings (SSSR count). The zero-order valence-electron chi connectivity index (χ0n) is 12.3. The molecular formula is C19H22O. The molecule has 1 fully saturated rings. The molecule has 0 spiro atoms. The van der Waals surface area contributed by atoms with Crippen LogP contribution in [0.5, 0.6) is 0 Å². The summed E-state index contributed by atoms with van der Waals surface area (Å²) in [6.07, 6.45) is 2.95. The second-order valence-corrected chi connectivity index (χ2v) is 6.14. The SMILES string of the molecule is Cc1ccc(C)c(C(O)C2(c3ccccc3)CCC2)c1. The van der Waals surface area contributed by atoms with Crippen molar-refractivity contribution in [3.8, 4) is 0 Å². The molecule has 104 valence electrons. The van der Waals surface area contributed by atoms with Crippen LogP contribution in [0.25, 0.3) is 0 Å². The standard InChI is InChI=1S/C19H22O/c1-14-9-10-15(2)17(13-14)18(20)19(11-6-12-19)16-7-4-3-5-8-16/h3-5,7-10,13,18,20H,6,11-12H2,1-2H3. The Kier molecular flexibility index (Phi) is 3.39. The smallest absolute Gasteiger partial charge is 0.0889 e. The second-order valence-electron chi connectivity index (χ2n) is 6.14. The van der Waals surface area contributed by atoms with Gasteiger partial charge in [0.1, 0.15) is 0 Å². The van der Waals surface area contributed by atoms with Gasteiger partial charge in [0.2, 0.25) is 0 Å². The molecule has 20 heavy (non-hydrogen) atoms. The van der Waals surface area contributed by atoms with Gasteiger partial charge in [-0.1, -0.05) is 60.5 Å². The van der Waals surface area contributed by atoms with Crippen LogP contribution in [0.15, 0.2) is 48.5 Å². The molecule has 0 amide bonds. The van der Waals surface area contributed by atoms with Crippen LogP contribution in [0.3, 0.4) is 0 Å². The highest BCUT2D eigenvalue weighted by Gasteiger charge is 2.45. The van der Waals surface area contributed by atoms with Crippen LogP contribution in [-0.2, 0) is 5.41 Å². The van der Waals surface area contributed by atoms with E-state index in [9.17, 15) is 5.11 Å². The summed E-state index contributed by atoms with van der Waals surface area (Å²) in [5.41, 5.74) is 4.69. The van der Waals surface area contributed by atoms with Crippen LogP contribution >= 0.6 is 0 Å². The van der Waals surface area contributed by atoms with Crippen LogP contribution in [0.1, 0.15) is 47.6 Å². The molecule has 2 aromatic carbocycles. The summed E-state index contributed by atoms with van der Waals surface area (Å²) in [6.45, 7) is 4.18. The monoisotopic (exact) mass is 266 g/mol. The fourth-order valence-corrected chi connectivity index (χ4v) is 3.40. The number of rotatable bonds is 3. The van der Waals surface area contributed by atoms with Crippen molar-refractivity contribution in [2.24, 2.45) is 0 Å². The Labute approximate surface area is 121 Å². The number of hydrogen-bond donors (Lipinski definition) is 1. The van der Waals surface area contributed by atoms with Crippen LogP contribution in [0.2, 0.25) is 0 Å². The van der Waals surface area contributed by atoms with E-state index < -0.39 is 6.10 Å². The molecule has 1 N–H and O–H groups in total. The highest BCUT2D eigenvalue weighted by atomic mass is 16.3. The third kappa shape index (κ3) is 2.06. The van der Waals surface area contributed by atoms with E-state index in [4.69, 9.17) is 0 Å². The number of aliphatic hydroxyl groups is 1. The zero-order chi connectivity index (χ0) is 14.2. The predicted octanol–water partition coefficient (Wildman–Crippen LogP) is 4.46. The first-order chi connectivity index (χ1) is 9.63. The van der Waals surface area contributed by atoms with Gasteiger partial charge in [-0.05, 0) is 43.4 Å². The van der Waals surface area contributed by atoms with Crippen LogP contribution in [-0.4, -0.2) is 5.11 Å². The lowest BCUT2D eigenvalue weighted by atomic mass is 9.59. The Morgan fingerprint density at radius 3 is 2.30 bits per heavy atom. The van der Waals surface area contributed by atoms with E-state index in [1.54, 1.807) is 0 Å². The first-order valence-electron chi connectivity index (χ1n) is 7.44. The van der Waals surface area contributed by atoms with E-state index in [-0.39, 0.29) is 5.41 Å². The molecule has 0 aliphatic heterocycles. The Morgan fingerprint density at radius 2 is 1.70 bits per heavy atom. The van der Waals surface area contributed by atoms with Crippen molar-refractivity contribution < 1.29 is 5.11 Å². The lowest BCUT2D eigenvalue weighted by Gasteiger charge is -2.46. The van der Waals surface area contributed by atoms with Gasteiger partial charge in [0.05, 0.1) is 6.10 Å². The molecular weight excluding hydrogens is 244 g/mol. The first kappa shape index (κ1) is 13.4. The second kappa shape index (κ2) is 5.06. The zero-order valence-corrected chi connectivity index (χ0v) is 12.3. The van der Waals surface area contributed by atoms with E-state index >= 15 is 0 Å². The minimum Gasteiger partial charge on any atom is -0.387 e. The molecule has 0 saturated heterocycles. The quantitative estimate of drug-likeness (QED) is 0.869. The number of benzene rings is 2. The normalized spacial score (nSPS) is 18.4. The van der Waals surface area contributed by atoms with Gasteiger partial charge in [0.15, 0.2) is 0 Å². The minimum atomic E-state index is -0.404. The van der Waals surface area contributed by atoms with Gasteiger partial charge in [0.25, 0.3) is 0 Å².